The van der Waals surface area contributed by atoms with E-state index < -0.39 is 0 Å². The van der Waals surface area contributed by atoms with Crippen LogP contribution >= 0.6 is 0 Å². The van der Waals surface area contributed by atoms with Crippen molar-refractivity contribution in [2.75, 3.05) is 11.9 Å². The van der Waals surface area contributed by atoms with Crippen LogP contribution in [0.1, 0.15) is 42.6 Å². The summed E-state index contributed by atoms with van der Waals surface area (Å²) in [5.74, 6) is 2.64. The zero-order chi connectivity index (χ0) is 18.6. The van der Waals surface area contributed by atoms with E-state index in [1.54, 1.807) is 4.90 Å². The Morgan fingerprint density at radius 3 is 2.50 bits per heavy atom. The van der Waals surface area contributed by atoms with E-state index in [2.05, 4.69) is 37.8 Å². The van der Waals surface area contributed by atoms with E-state index in [4.69, 9.17) is 9.98 Å². The SMILES string of the molecule is Cc1nc2c(n1Cc1ccccc1)C(=O)N(C)C1=N[C@@H](C)C(C)[C@@H](C)N12. The van der Waals surface area contributed by atoms with Crippen molar-refractivity contribution in [3.63, 3.8) is 0 Å². The molecule has 0 saturated heterocycles. The molecule has 0 aliphatic carbocycles. The molecule has 0 fully saturated rings. The lowest BCUT2D eigenvalue weighted by atomic mass is 9.92. The monoisotopic (exact) mass is 351 g/mol. The third-order valence-corrected chi connectivity index (χ3v) is 5.82. The molecule has 1 unspecified atom stereocenters. The molecule has 0 bridgehead atoms. The highest BCUT2D eigenvalue weighted by Gasteiger charge is 2.44. The number of guanidine groups is 1. The number of fused-ring (bicyclic) bond motifs is 3. The van der Waals surface area contributed by atoms with E-state index in [0.29, 0.717) is 24.1 Å². The predicted octanol–water partition coefficient (Wildman–Crippen LogP) is 2.91. The minimum Gasteiger partial charge on any atom is -0.318 e. The standard InChI is InChI=1S/C20H25N5O/c1-12-13(2)21-20-23(5)19(26)17-18(25(20)14(12)3)22-15(4)24(17)11-16-9-7-6-8-10-16/h6-10,12-14H,11H2,1-5H3/t12?,13-,14+/m0/s1. The number of benzene rings is 1. The van der Waals surface area contributed by atoms with Gasteiger partial charge in [0, 0.05) is 19.6 Å². The molecule has 3 heterocycles. The van der Waals surface area contributed by atoms with Crippen LogP contribution in [0.5, 0.6) is 0 Å². The number of aliphatic imine (C=N–C) groups is 1. The first-order chi connectivity index (χ1) is 12.4. The largest absolute Gasteiger partial charge is 0.318 e. The molecule has 0 saturated carbocycles. The van der Waals surface area contributed by atoms with Crippen molar-refractivity contribution in [3.8, 4) is 0 Å². The lowest BCUT2D eigenvalue weighted by molar-refractivity contribution is 0.0849. The highest BCUT2D eigenvalue weighted by molar-refractivity contribution is 6.17. The first kappa shape index (κ1) is 16.8. The summed E-state index contributed by atoms with van der Waals surface area (Å²) in [4.78, 5) is 26.5. The van der Waals surface area contributed by atoms with Crippen LogP contribution in [0.25, 0.3) is 0 Å². The lowest BCUT2D eigenvalue weighted by Crippen LogP contribution is -2.59. The second-order valence-corrected chi connectivity index (χ2v) is 7.41. The Labute approximate surface area is 154 Å². The smallest absolute Gasteiger partial charge is 0.280 e. The van der Waals surface area contributed by atoms with Crippen molar-refractivity contribution in [2.24, 2.45) is 10.9 Å². The van der Waals surface area contributed by atoms with Crippen LogP contribution in [0.4, 0.5) is 5.82 Å². The minimum atomic E-state index is -0.0412. The maximum Gasteiger partial charge on any atom is 0.280 e. The molecular formula is C20H25N5O. The number of amides is 1. The van der Waals surface area contributed by atoms with Crippen LogP contribution in [0.3, 0.4) is 0 Å². The van der Waals surface area contributed by atoms with Gasteiger partial charge in [-0.05, 0) is 32.3 Å². The Balaban J connectivity index is 1.86. The number of carbonyl (C=O) groups is 1. The highest BCUT2D eigenvalue weighted by Crippen LogP contribution is 2.36. The average Bonchev–Trinajstić information content (AvgIpc) is 2.94. The number of anilines is 1. The number of nitrogens with zero attached hydrogens (tertiary/aromatic N) is 5. The molecule has 0 N–H and O–H groups in total. The Morgan fingerprint density at radius 2 is 1.81 bits per heavy atom. The number of hydrogen-bond acceptors (Lipinski definition) is 4. The fourth-order valence-corrected chi connectivity index (χ4v) is 3.86. The van der Waals surface area contributed by atoms with Gasteiger partial charge in [-0.15, -0.1) is 0 Å². The van der Waals surface area contributed by atoms with Crippen molar-refractivity contribution in [1.82, 2.24) is 14.5 Å². The van der Waals surface area contributed by atoms with Crippen LogP contribution < -0.4 is 4.90 Å². The van der Waals surface area contributed by atoms with Gasteiger partial charge in [0.2, 0.25) is 5.96 Å². The Kier molecular flexibility index (Phi) is 3.86. The van der Waals surface area contributed by atoms with Crippen LogP contribution in [0, 0.1) is 12.8 Å². The summed E-state index contributed by atoms with van der Waals surface area (Å²) in [5, 5.41) is 0. The van der Waals surface area contributed by atoms with Gasteiger partial charge in [0.15, 0.2) is 11.5 Å². The summed E-state index contributed by atoms with van der Waals surface area (Å²) < 4.78 is 2.02. The third-order valence-electron chi connectivity index (χ3n) is 5.82. The third kappa shape index (κ3) is 2.35. The molecule has 3 atom stereocenters. The lowest BCUT2D eigenvalue weighted by Gasteiger charge is -2.45. The zero-order valence-corrected chi connectivity index (χ0v) is 16.0. The second-order valence-electron chi connectivity index (χ2n) is 7.41. The Bertz CT molecular complexity index is 885. The van der Waals surface area contributed by atoms with Gasteiger partial charge < -0.3 is 4.57 Å². The molecule has 1 aromatic heterocycles. The van der Waals surface area contributed by atoms with E-state index in [1.807, 2.05) is 36.7 Å². The molecule has 6 nitrogen and oxygen atoms in total. The molecule has 4 rings (SSSR count). The van der Waals surface area contributed by atoms with Crippen molar-refractivity contribution < 1.29 is 4.79 Å². The van der Waals surface area contributed by atoms with E-state index in [1.165, 1.54) is 0 Å². The summed E-state index contributed by atoms with van der Waals surface area (Å²) in [6, 6.07) is 10.6. The quantitative estimate of drug-likeness (QED) is 0.836. The molecule has 136 valence electrons. The van der Waals surface area contributed by atoms with Gasteiger partial charge >= 0.3 is 0 Å². The van der Waals surface area contributed by atoms with Crippen molar-refractivity contribution >= 4 is 17.7 Å². The van der Waals surface area contributed by atoms with Crippen molar-refractivity contribution in [3.05, 3.63) is 47.4 Å². The van der Waals surface area contributed by atoms with Crippen LogP contribution in [-0.2, 0) is 6.54 Å². The Hall–Kier alpha value is -2.63. The number of imidazole rings is 1. The van der Waals surface area contributed by atoms with Crippen LogP contribution in [-0.4, -0.2) is 45.4 Å². The van der Waals surface area contributed by atoms with Crippen molar-refractivity contribution in [2.45, 2.75) is 46.3 Å². The normalized spacial score (nSPS) is 25.0. The van der Waals surface area contributed by atoms with Gasteiger partial charge in [-0.2, -0.15) is 0 Å². The summed E-state index contributed by atoms with van der Waals surface area (Å²) in [5.41, 5.74) is 1.81. The topological polar surface area (TPSA) is 53.7 Å². The highest BCUT2D eigenvalue weighted by atomic mass is 16.2. The molecule has 0 spiro atoms. The molecule has 6 heteroatoms. The number of hydrogen-bond donors (Lipinski definition) is 0. The van der Waals surface area contributed by atoms with Crippen LogP contribution in [0.15, 0.2) is 35.3 Å². The summed E-state index contributed by atoms with van der Waals surface area (Å²) in [6.07, 6.45) is 0. The first-order valence-corrected chi connectivity index (χ1v) is 9.16. The molecule has 1 aromatic carbocycles. The van der Waals surface area contributed by atoms with Crippen LogP contribution in [0.2, 0.25) is 0 Å². The first-order valence-electron chi connectivity index (χ1n) is 9.16. The van der Waals surface area contributed by atoms with E-state index in [9.17, 15) is 4.79 Å². The summed E-state index contributed by atoms with van der Waals surface area (Å²) >= 11 is 0. The fraction of sp³-hybridized carbons (Fsp3) is 0.450. The molecule has 26 heavy (non-hydrogen) atoms. The molecule has 2 aromatic rings. The summed E-state index contributed by atoms with van der Waals surface area (Å²) in [6.45, 7) is 9.11. The zero-order valence-electron chi connectivity index (χ0n) is 16.0. The van der Waals surface area contributed by atoms with Gasteiger partial charge in [0.05, 0.1) is 6.04 Å². The van der Waals surface area contributed by atoms with Gasteiger partial charge in [0.25, 0.3) is 5.91 Å². The number of carbonyl (C=O) groups excluding carboxylic acids is 1. The van der Waals surface area contributed by atoms with Gasteiger partial charge in [-0.3, -0.25) is 14.6 Å². The van der Waals surface area contributed by atoms with E-state index >= 15 is 0 Å². The van der Waals surface area contributed by atoms with Gasteiger partial charge in [-0.1, -0.05) is 37.3 Å². The number of aryl methyl sites for hydroxylation is 1. The second kappa shape index (κ2) is 5.97. The molecular weight excluding hydrogens is 326 g/mol. The fourth-order valence-electron chi connectivity index (χ4n) is 3.86. The minimum absolute atomic E-state index is 0.0412. The molecule has 2 aliphatic rings. The molecule has 2 aliphatic heterocycles. The van der Waals surface area contributed by atoms with Crippen molar-refractivity contribution in [1.29, 1.82) is 0 Å². The average molecular weight is 351 g/mol. The predicted molar refractivity (Wildman–Crippen MR) is 103 cm³/mol. The Morgan fingerprint density at radius 1 is 1.12 bits per heavy atom. The van der Waals surface area contributed by atoms with Gasteiger partial charge in [-0.25, -0.2) is 9.98 Å². The van der Waals surface area contributed by atoms with E-state index in [-0.39, 0.29) is 18.0 Å². The maximum absolute atomic E-state index is 13.1. The van der Waals surface area contributed by atoms with E-state index in [0.717, 1.165) is 17.2 Å². The molecule has 0 radical (unpaired) electrons. The van der Waals surface area contributed by atoms with Gasteiger partial charge in [0.1, 0.15) is 5.82 Å². The number of rotatable bonds is 2. The maximum atomic E-state index is 13.1. The summed E-state index contributed by atoms with van der Waals surface area (Å²) in [7, 11) is 1.81. The number of aromatic nitrogens is 2. The molecule has 1 amide bonds.